The minimum Gasteiger partial charge on any atom is -0.462 e. The summed E-state index contributed by atoms with van der Waals surface area (Å²) in [5.74, 6) is -4.87. The number of Topliss-reactive ketones (excluding diaryl/α,β-unsaturated/α-hetero) is 1. The second-order valence-electron chi connectivity index (χ2n) is 17.7. The first-order valence-electron chi connectivity index (χ1n) is 24.2. The van der Waals surface area contributed by atoms with Gasteiger partial charge in [0.05, 0.1) is 31.0 Å². The summed E-state index contributed by atoms with van der Waals surface area (Å²) in [6.07, 6.45) is 7.32. The van der Waals surface area contributed by atoms with E-state index in [1.54, 1.807) is 0 Å². The minimum absolute atomic E-state index is 0.0275. The van der Waals surface area contributed by atoms with Crippen LogP contribution in [0.4, 0.5) is 0 Å². The zero-order chi connectivity index (χ0) is 47.3. The number of carbonyl (C=O) groups excluding carboxylic acids is 3. The molecule has 1 saturated carbocycles. The molecule has 64 heavy (non-hydrogen) atoms. The van der Waals surface area contributed by atoms with Crippen LogP contribution in [0.2, 0.25) is 0 Å². The number of phosphoric acid groups is 1. The van der Waals surface area contributed by atoms with E-state index >= 15 is 0 Å². The molecule has 2 bridgehead atoms. The lowest BCUT2D eigenvalue weighted by Gasteiger charge is -2.36. The molecule has 17 heteroatoms. The quantitative estimate of drug-likeness (QED) is 0.0245. The van der Waals surface area contributed by atoms with Gasteiger partial charge in [-0.25, -0.2) is 4.57 Å². The summed E-state index contributed by atoms with van der Waals surface area (Å²) in [7, 11) is -5.44. The summed E-state index contributed by atoms with van der Waals surface area (Å²) in [5, 5.41) is 78.5. The number of phosphoric ester groups is 1. The van der Waals surface area contributed by atoms with Gasteiger partial charge in [0.25, 0.3) is 0 Å². The largest absolute Gasteiger partial charge is 0.472 e. The highest BCUT2D eigenvalue weighted by Gasteiger charge is 2.49. The Kier molecular flexibility index (Phi) is 30.3. The summed E-state index contributed by atoms with van der Waals surface area (Å²) in [5.41, 5.74) is 0. The van der Waals surface area contributed by atoms with Crippen molar-refractivity contribution in [3.8, 4) is 0 Å². The van der Waals surface area contributed by atoms with Crippen LogP contribution in [0.1, 0.15) is 174 Å². The molecule has 1 aliphatic carbocycles. The molecule has 12 atom stereocenters. The molecule has 2 rings (SSSR count). The van der Waals surface area contributed by atoms with Crippen LogP contribution < -0.4 is 0 Å². The number of ether oxygens (including phenoxy) is 2. The van der Waals surface area contributed by atoms with E-state index < -0.39 is 112 Å². The van der Waals surface area contributed by atoms with E-state index in [4.69, 9.17) is 18.5 Å². The summed E-state index contributed by atoms with van der Waals surface area (Å²) in [4.78, 5) is 50.0. The third-order valence-corrected chi connectivity index (χ3v) is 13.1. The van der Waals surface area contributed by atoms with E-state index in [0.717, 1.165) is 51.4 Å². The predicted octanol–water partition coefficient (Wildman–Crippen LogP) is 6.20. The molecule has 0 aromatic heterocycles. The van der Waals surface area contributed by atoms with Crippen LogP contribution >= 0.6 is 7.82 Å². The van der Waals surface area contributed by atoms with Crippen LogP contribution in [0, 0.1) is 11.8 Å². The zero-order valence-electron chi connectivity index (χ0n) is 38.5. The number of aliphatic hydroxyl groups excluding tert-OH is 7. The van der Waals surface area contributed by atoms with Crippen molar-refractivity contribution in [2.24, 2.45) is 11.8 Å². The van der Waals surface area contributed by atoms with Crippen LogP contribution in [0.25, 0.3) is 0 Å². The number of fused-ring (bicyclic) bond motifs is 4. The van der Waals surface area contributed by atoms with Crippen LogP contribution in [0.3, 0.4) is 0 Å². The summed E-state index contributed by atoms with van der Waals surface area (Å²) in [6.45, 7) is 2.82. The number of hydrogen-bond acceptors (Lipinski definition) is 15. The van der Waals surface area contributed by atoms with Gasteiger partial charge in [0.15, 0.2) is 6.10 Å². The summed E-state index contributed by atoms with van der Waals surface area (Å²) >= 11 is 0. The number of ketones is 1. The fourth-order valence-corrected chi connectivity index (χ4v) is 9.11. The molecule has 372 valence electrons. The molecule has 0 spiro atoms. The van der Waals surface area contributed by atoms with Gasteiger partial charge in [0.1, 0.15) is 36.8 Å². The van der Waals surface area contributed by atoms with Gasteiger partial charge in [-0.15, -0.1) is 0 Å². The molecular weight excluding hydrogens is 851 g/mol. The Labute approximate surface area is 381 Å². The van der Waals surface area contributed by atoms with Gasteiger partial charge in [-0.1, -0.05) is 128 Å². The number of cyclic esters (lactones) is 1. The Balaban J connectivity index is 2.14. The van der Waals surface area contributed by atoms with E-state index in [1.165, 1.54) is 50.7 Å². The first-order chi connectivity index (χ1) is 30.6. The average molecular weight is 935 g/mol. The Morgan fingerprint density at radius 2 is 1.36 bits per heavy atom. The fourth-order valence-electron chi connectivity index (χ4n) is 8.13. The number of unbranched alkanes of at least 4 members (excludes halogenated alkanes) is 13. The van der Waals surface area contributed by atoms with Crippen molar-refractivity contribution in [1.29, 1.82) is 0 Å². The van der Waals surface area contributed by atoms with E-state index in [9.17, 15) is 59.6 Å². The number of allylic oxidation sites excluding steroid dienone is 2. The number of carbonyl (C=O) groups is 3. The van der Waals surface area contributed by atoms with Gasteiger partial charge < -0.3 is 50.1 Å². The van der Waals surface area contributed by atoms with Crippen LogP contribution in [0.15, 0.2) is 24.3 Å². The lowest BCUT2D eigenvalue weighted by Crippen LogP contribution is -2.55. The van der Waals surface area contributed by atoms with Gasteiger partial charge in [-0.05, 0) is 51.4 Å². The van der Waals surface area contributed by atoms with Gasteiger partial charge in [-0.3, -0.25) is 23.4 Å². The molecule has 2 fully saturated rings. The molecule has 16 nitrogen and oxygen atoms in total. The molecule has 0 radical (unpaired) electrons. The zero-order valence-corrected chi connectivity index (χ0v) is 39.4. The molecule has 8 N–H and O–H groups in total. The fraction of sp³-hybridized carbons (Fsp3) is 0.851. The topological polar surface area (TPSA) is 267 Å². The lowest BCUT2D eigenvalue weighted by atomic mass is 9.83. The molecule has 1 saturated heterocycles. The third kappa shape index (κ3) is 23.6. The number of rotatable bonds is 23. The van der Waals surface area contributed by atoms with Crippen molar-refractivity contribution >= 4 is 25.5 Å². The normalized spacial score (nSPS) is 31.4. The Morgan fingerprint density at radius 3 is 2.03 bits per heavy atom. The molecule has 1 heterocycles. The molecule has 1 unspecified atom stereocenters. The van der Waals surface area contributed by atoms with Crippen LogP contribution in [-0.4, -0.2) is 127 Å². The summed E-state index contributed by atoms with van der Waals surface area (Å²) in [6, 6.07) is 0. The Morgan fingerprint density at radius 1 is 0.766 bits per heavy atom. The van der Waals surface area contributed by atoms with Crippen molar-refractivity contribution < 1.29 is 78.1 Å². The number of hydrogen-bond donors (Lipinski definition) is 8. The second kappa shape index (κ2) is 33.4. The van der Waals surface area contributed by atoms with Crippen molar-refractivity contribution in [2.75, 3.05) is 13.2 Å². The maximum absolute atomic E-state index is 13.6. The number of aliphatic hydroxyl groups is 7. The highest BCUT2D eigenvalue weighted by atomic mass is 31.2. The van der Waals surface area contributed by atoms with E-state index in [0.29, 0.717) is 44.9 Å². The second-order valence-corrected chi connectivity index (χ2v) is 19.1. The van der Waals surface area contributed by atoms with Crippen molar-refractivity contribution in [3.05, 3.63) is 24.3 Å². The molecule has 0 aromatic rings. The van der Waals surface area contributed by atoms with Gasteiger partial charge in [0.2, 0.25) is 0 Å². The molecule has 2 aliphatic rings. The first-order valence-corrected chi connectivity index (χ1v) is 25.7. The molecule has 1 aliphatic heterocycles. The number of esters is 2. The van der Waals surface area contributed by atoms with Crippen LogP contribution in [-0.2, 0) is 37.5 Å². The monoisotopic (exact) mass is 935 g/mol. The van der Waals surface area contributed by atoms with Crippen LogP contribution in [0.5, 0.6) is 0 Å². The van der Waals surface area contributed by atoms with Crippen molar-refractivity contribution in [1.82, 2.24) is 0 Å². The van der Waals surface area contributed by atoms with E-state index in [2.05, 4.69) is 19.1 Å². The standard InChI is InChI=1S/C47H83O16P/c1-3-5-7-8-9-10-11-12-13-14-15-16-17-18-23-27-40(51)60-32-35-33-61-64(58,59)63-47-45(56)43(54)37(30-29-34(48)25-21-6-4-2)39(50)31-38(49)36(42(53)44(55)46(47)57)26-22-19-20-24-28-41(52)62-35/h12-13,29-30,34-37,39,42-48,50,53-57H,3-11,14-28,31-33H2,1-2H3,(H,58,59)/b13-12-,30-29+/t34-,35+,36-,37-,39+,42+,43+,44-,45+,46+,47+/m0/s1. The van der Waals surface area contributed by atoms with Crippen molar-refractivity contribution in [2.45, 2.75) is 229 Å². The molecule has 0 amide bonds. The van der Waals surface area contributed by atoms with E-state index in [1.807, 2.05) is 6.92 Å². The maximum Gasteiger partial charge on any atom is 0.472 e. The molecular formula is C47H83O16P. The highest BCUT2D eigenvalue weighted by Crippen LogP contribution is 2.47. The van der Waals surface area contributed by atoms with Gasteiger partial charge in [0, 0.05) is 31.1 Å². The van der Waals surface area contributed by atoms with E-state index in [-0.39, 0.29) is 19.3 Å². The summed E-state index contributed by atoms with van der Waals surface area (Å²) < 4.78 is 34.6. The minimum atomic E-state index is -5.44. The average Bonchev–Trinajstić information content (AvgIpc) is 3.26. The first kappa shape index (κ1) is 58.0. The maximum atomic E-state index is 13.6. The molecule has 0 aromatic carbocycles. The Hall–Kier alpha value is -2.08. The third-order valence-electron chi connectivity index (χ3n) is 12.2. The van der Waals surface area contributed by atoms with Gasteiger partial charge >= 0.3 is 19.8 Å². The lowest BCUT2D eigenvalue weighted by molar-refractivity contribution is -0.166. The SMILES string of the molecule is CCCCCCCC/C=C\CCCCCCCC(=O)OC[C@@H]1COP(=O)(O)O[C@H]2[C@H](O)[C@@H](O)[C@H](O)[C@@H](CCCCCCC(=O)O1)C(=O)C[C@@H](O)[C@H](/C=C/[C@@H](O)CCCCC)[C@@H](O)[C@H]2O. The highest BCUT2D eigenvalue weighted by molar-refractivity contribution is 7.47. The predicted molar refractivity (Wildman–Crippen MR) is 241 cm³/mol. The smallest absolute Gasteiger partial charge is 0.462 e. The van der Waals surface area contributed by atoms with Crippen molar-refractivity contribution in [3.63, 3.8) is 0 Å². The Bertz CT molecular complexity index is 1390. The van der Waals surface area contributed by atoms with Gasteiger partial charge in [-0.2, -0.15) is 0 Å².